The highest BCUT2D eigenvalue weighted by molar-refractivity contribution is 5.93. The lowest BCUT2D eigenvalue weighted by Gasteiger charge is -2.36. The van der Waals surface area contributed by atoms with Crippen molar-refractivity contribution >= 4 is 5.91 Å². The molecule has 6 heteroatoms. The lowest BCUT2D eigenvalue weighted by atomic mass is 9.98. The second kappa shape index (κ2) is 6.85. The van der Waals surface area contributed by atoms with E-state index in [1.165, 1.54) is 6.20 Å². The molecule has 0 spiro atoms. The van der Waals surface area contributed by atoms with Crippen LogP contribution >= 0.6 is 0 Å². The minimum atomic E-state index is -0.343. The summed E-state index contributed by atoms with van der Waals surface area (Å²) in [6.07, 6.45) is 5.49. The van der Waals surface area contributed by atoms with Crippen LogP contribution in [-0.2, 0) is 0 Å². The molecular formula is C15H24N4O2. The molecule has 0 radical (unpaired) electrons. The van der Waals surface area contributed by atoms with E-state index >= 15 is 0 Å². The molecule has 0 aliphatic carbocycles. The van der Waals surface area contributed by atoms with Gasteiger partial charge in [0.2, 0.25) is 0 Å². The smallest absolute Gasteiger partial charge is 0.263 e. The van der Waals surface area contributed by atoms with Crippen LogP contribution in [0.1, 0.15) is 41.9 Å². The first kappa shape index (κ1) is 15.7. The van der Waals surface area contributed by atoms with Gasteiger partial charge < -0.3 is 14.8 Å². The number of likely N-dealkylation sites (tertiary alicyclic amines) is 1. The Morgan fingerprint density at radius 2 is 2.24 bits per heavy atom. The van der Waals surface area contributed by atoms with Crippen molar-refractivity contribution in [2.75, 3.05) is 27.2 Å². The molecular weight excluding hydrogens is 268 g/mol. The number of amides is 1. The summed E-state index contributed by atoms with van der Waals surface area (Å²) in [6, 6.07) is 0.217. The van der Waals surface area contributed by atoms with E-state index in [-0.39, 0.29) is 23.1 Å². The predicted molar refractivity (Wildman–Crippen MR) is 81.4 cm³/mol. The van der Waals surface area contributed by atoms with Crippen molar-refractivity contribution < 1.29 is 4.79 Å². The molecule has 1 aliphatic heterocycles. The first-order chi connectivity index (χ1) is 9.99. The van der Waals surface area contributed by atoms with E-state index in [9.17, 15) is 9.59 Å². The van der Waals surface area contributed by atoms with Gasteiger partial charge in [0.25, 0.3) is 11.5 Å². The lowest BCUT2D eigenvalue weighted by Crippen LogP contribution is -2.46. The van der Waals surface area contributed by atoms with E-state index in [2.05, 4.69) is 14.9 Å². The molecule has 0 unspecified atom stereocenters. The van der Waals surface area contributed by atoms with Crippen molar-refractivity contribution in [2.45, 2.75) is 38.6 Å². The average Bonchev–Trinajstić information content (AvgIpc) is 2.45. The number of nitrogens with zero attached hydrogens (tertiary/aromatic N) is 3. The van der Waals surface area contributed by atoms with Crippen molar-refractivity contribution in [3.8, 4) is 0 Å². The maximum Gasteiger partial charge on any atom is 0.263 e. The zero-order chi connectivity index (χ0) is 15.4. The topological polar surface area (TPSA) is 69.3 Å². The molecule has 116 valence electrons. The molecule has 2 heterocycles. The molecule has 21 heavy (non-hydrogen) atoms. The van der Waals surface area contributed by atoms with E-state index in [1.54, 1.807) is 6.92 Å². The molecule has 1 aliphatic rings. The number of aromatic nitrogens is 2. The molecule has 1 N–H and O–H groups in total. The average molecular weight is 292 g/mol. The fraction of sp³-hybridized carbons (Fsp3) is 0.667. The molecule has 1 fully saturated rings. The van der Waals surface area contributed by atoms with E-state index in [0.29, 0.717) is 5.82 Å². The Labute approximate surface area is 125 Å². The zero-order valence-corrected chi connectivity index (χ0v) is 13.1. The third kappa shape index (κ3) is 3.91. The van der Waals surface area contributed by atoms with Gasteiger partial charge in [-0.15, -0.1) is 0 Å². The highest BCUT2D eigenvalue weighted by atomic mass is 16.2. The van der Waals surface area contributed by atoms with Crippen molar-refractivity contribution in [3.05, 3.63) is 27.9 Å². The standard InChI is InChI=1S/C15H24N4O2/c1-11-16-10-13(14(20)17-11)15(21)19-8-5-4-6-12(19)7-9-18(2)3/h10,12H,4-9H2,1-3H3,(H,16,17,20)/t12-/m0/s1. The fourth-order valence-electron chi connectivity index (χ4n) is 2.77. The van der Waals surface area contributed by atoms with Gasteiger partial charge >= 0.3 is 0 Å². The minimum absolute atomic E-state index is 0.150. The normalized spacial score (nSPS) is 19.0. The summed E-state index contributed by atoms with van der Waals surface area (Å²) < 4.78 is 0. The van der Waals surface area contributed by atoms with Crippen LogP contribution in [0.25, 0.3) is 0 Å². The SMILES string of the molecule is Cc1ncc(C(=O)N2CCCC[C@H]2CCN(C)C)c(=O)[nH]1. The first-order valence-corrected chi connectivity index (χ1v) is 7.50. The highest BCUT2D eigenvalue weighted by Gasteiger charge is 2.28. The first-order valence-electron chi connectivity index (χ1n) is 7.50. The Morgan fingerprint density at radius 1 is 1.48 bits per heavy atom. The molecule has 1 aromatic rings. The van der Waals surface area contributed by atoms with Crippen LogP contribution in [0.3, 0.4) is 0 Å². The van der Waals surface area contributed by atoms with Gasteiger partial charge in [-0.25, -0.2) is 4.98 Å². The van der Waals surface area contributed by atoms with Crippen LogP contribution in [0.15, 0.2) is 11.0 Å². The molecule has 6 nitrogen and oxygen atoms in total. The number of rotatable bonds is 4. The Balaban J connectivity index is 2.16. The van der Waals surface area contributed by atoms with Crippen molar-refractivity contribution in [1.82, 2.24) is 19.8 Å². The van der Waals surface area contributed by atoms with E-state index in [0.717, 1.165) is 38.8 Å². The van der Waals surface area contributed by atoms with Gasteiger partial charge in [-0.2, -0.15) is 0 Å². The van der Waals surface area contributed by atoms with Crippen LogP contribution < -0.4 is 5.56 Å². The number of piperidine rings is 1. The van der Waals surface area contributed by atoms with Crippen molar-refractivity contribution in [3.63, 3.8) is 0 Å². The number of carbonyl (C=O) groups is 1. The summed E-state index contributed by atoms with van der Waals surface area (Å²) in [5, 5.41) is 0. The van der Waals surface area contributed by atoms with Crippen LogP contribution in [0.2, 0.25) is 0 Å². The summed E-state index contributed by atoms with van der Waals surface area (Å²) in [4.78, 5) is 35.2. The highest BCUT2D eigenvalue weighted by Crippen LogP contribution is 2.21. The van der Waals surface area contributed by atoms with Crippen LogP contribution in [0.4, 0.5) is 0 Å². The number of hydrogen-bond donors (Lipinski definition) is 1. The zero-order valence-electron chi connectivity index (χ0n) is 13.1. The quantitative estimate of drug-likeness (QED) is 0.899. The number of H-pyrrole nitrogens is 1. The minimum Gasteiger partial charge on any atom is -0.335 e. The molecule has 0 bridgehead atoms. The second-order valence-electron chi connectivity index (χ2n) is 5.95. The summed E-state index contributed by atoms with van der Waals surface area (Å²) >= 11 is 0. The van der Waals surface area contributed by atoms with Crippen molar-refractivity contribution in [1.29, 1.82) is 0 Å². The molecule has 2 rings (SSSR count). The van der Waals surface area contributed by atoms with Crippen LogP contribution in [0.5, 0.6) is 0 Å². The molecule has 0 saturated carbocycles. The largest absolute Gasteiger partial charge is 0.335 e. The molecule has 0 aromatic carbocycles. The number of aryl methyl sites for hydroxylation is 1. The maximum atomic E-state index is 12.6. The van der Waals surface area contributed by atoms with E-state index in [1.807, 2.05) is 19.0 Å². The Bertz CT molecular complexity index is 553. The third-order valence-electron chi connectivity index (χ3n) is 3.95. The van der Waals surface area contributed by atoms with Gasteiger partial charge in [0, 0.05) is 18.8 Å². The van der Waals surface area contributed by atoms with E-state index in [4.69, 9.17) is 0 Å². The summed E-state index contributed by atoms with van der Waals surface area (Å²) in [5.41, 5.74) is -0.193. The van der Waals surface area contributed by atoms with Gasteiger partial charge in [-0.3, -0.25) is 9.59 Å². The number of hydrogen-bond acceptors (Lipinski definition) is 4. The molecule has 1 aromatic heterocycles. The van der Waals surface area contributed by atoms with Gasteiger partial charge in [0.05, 0.1) is 0 Å². The fourth-order valence-corrected chi connectivity index (χ4v) is 2.77. The number of aromatic amines is 1. The van der Waals surface area contributed by atoms with Crippen LogP contribution in [-0.4, -0.2) is 58.9 Å². The van der Waals surface area contributed by atoms with Crippen LogP contribution in [0, 0.1) is 6.92 Å². The molecule has 1 saturated heterocycles. The van der Waals surface area contributed by atoms with E-state index < -0.39 is 0 Å². The van der Waals surface area contributed by atoms with Gasteiger partial charge in [-0.1, -0.05) is 0 Å². The summed E-state index contributed by atoms with van der Waals surface area (Å²) in [5.74, 6) is 0.339. The monoisotopic (exact) mass is 292 g/mol. The third-order valence-corrected chi connectivity index (χ3v) is 3.95. The van der Waals surface area contributed by atoms with Crippen molar-refractivity contribution in [2.24, 2.45) is 0 Å². The van der Waals surface area contributed by atoms with Gasteiger partial charge in [-0.05, 0) is 53.2 Å². The maximum absolute atomic E-state index is 12.6. The summed E-state index contributed by atoms with van der Waals surface area (Å²) in [6.45, 7) is 3.37. The second-order valence-corrected chi connectivity index (χ2v) is 5.95. The molecule has 1 atom stereocenters. The predicted octanol–water partition coefficient (Wildman–Crippen LogP) is 1.02. The number of carbonyl (C=O) groups excluding carboxylic acids is 1. The Morgan fingerprint density at radius 3 is 2.90 bits per heavy atom. The molecule has 1 amide bonds. The Kier molecular flexibility index (Phi) is 5.12. The van der Waals surface area contributed by atoms with Gasteiger partial charge in [0.15, 0.2) is 0 Å². The van der Waals surface area contributed by atoms with Gasteiger partial charge in [0.1, 0.15) is 11.4 Å². The number of nitrogens with one attached hydrogen (secondary N) is 1. The lowest BCUT2D eigenvalue weighted by molar-refractivity contribution is 0.0589. The summed E-state index contributed by atoms with van der Waals surface area (Å²) in [7, 11) is 4.06. The Hall–Kier alpha value is -1.69.